The van der Waals surface area contributed by atoms with Crippen molar-refractivity contribution in [3.8, 4) is 0 Å². The molecular weight excluding hydrogens is 314 g/mol. The molecule has 8 heteroatoms. The van der Waals surface area contributed by atoms with E-state index < -0.39 is 35.5 Å². The van der Waals surface area contributed by atoms with Gasteiger partial charge >= 0.3 is 12.3 Å². The van der Waals surface area contributed by atoms with E-state index in [1.54, 1.807) is 11.4 Å². The van der Waals surface area contributed by atoms with Gasteiger partial charge in [-0.2, -0.15) is 8.78 Å². The second-order valence-corrected chi connectivity index (χ2v) is 4.69. The van der Waals surface area contributed by atoms with Crippen LogP contribution in [-0.2, 0) is 15.1 Å². The Morgan fingerprint density at radius 3 is 2.19 bits per heavy atom. The van der Waals surface area contributed by atoms with E-state index in [2.05, 4.69) is 0 Å². The predicted octanol–water partition coefficient (Wildman–Crippen LogP) is 2.73. The zero-order valence-corrected chi connectivity index (χ0v) is 11.6. The fourth-order valence-corrected chi connectivity index (χ4v) is 1.88. The van der Waals surface area contributed by atoms with Crippen molar-refractivity contribution in [1.82, 2.24) is 5.32 Å². The number of carbonyl (C=O) groups excluding carboxylic acids is 2. The Morgan fingerprint density at radius 1 is 1.24 bits per heavy atom. The summed E-state index contributed by atoms with van der Waals surface area (Å²) in [6.07, 6.45) is -4.18. The largest absolute Gasteiger partial charge is 0.383 e. The third-order valence-corrected chi connectivity index (χ3v) is 3.21. The lowest BCUT2D eigenvalue weighted by molar-refractivity contribution is -0.172. The van der Waals surface area contributed by atoms with Crippen LogP contribution in [0.3, 0.4) is 0 Å². The summed E-state index contributed by atoms with van der Waals surface area (Å²) in [5, 5.41) is 1.68. The average molecular weight is 326 g/mol. The first-order valence-electron chi connectivity index (χ1n) is 5.79. The highest BCUT2D eigenvalue weighted by atomic mass is 35.5. The molecule has 1 amide bonds. The zero-order valence-electron chi connectivity index (χ0n) is 10.9. The highest BCUT2D eigenvalue weighted by Gasteiger charge is 2.52. The molecule has 0 saturated carbocycles. The molecule has 0 aliphatic carbocycles. The van der Waals surface area contributed by atoms with Gasteiger partial charge in [-0.1, -0.05) is 30.3 Å². The number of amides is 1. The summed E-state index contributed by atoms with van der Waals surface area (Å²) in [6, 6.07) is 7.40. The van der Waals surface area contributed by atoms with Crippen LogP contribution in [0.25, 0.3) is 0 Å². The lowest BCUT2D eigenvalue weighted by Gasteiger charge is -2.31. The molecule has 1 aromatic rings. The highest BCUT2D eigenvalue weighted by molar-refractivity contribution is 6.29. The van der Waals surface area contributed by atoms with Crippen molar-refractivity contribution in [2.75, 3.05) is 5.88 Å². The Balaban J connectivity index is 3.18. The van der Waals surface area contributed by atoms with Crippen LogP contribution in [0.4, 0.5) is 17.6 Å². The van der Waals surface area contributed by atoms with Crippen molar-refractivity contribution in [2.45, 2.75) is 24.8 Å². The molecule has 1 unspecified atom stereocenters. The van der Waals surface area contributed by atoms with E-state index in [0.29, 0.717) is 0 Å². The normalized spacial score (nSPS) is 14.6. The van der Waals surface area contributed by atoms with Gasteiger partial charge in [0.2, 0.25) is 0 Å². The van der Waals surface area contributed by atoms with Crippen LogP contribution < -0.4 is 5.32 Å². The van der Waals surface area contributed by atoms with Crippen LogP contribution in [-0.4, -0.2) is 29.9 Å². The van der Waals surface area contributed by atoms with Gasteiger partial charge in [-0.05, 0) is 12.5 Å². The Hall–Kier alpha value is -1.63. The minimum Gasteiger partial charge on any atom is -0.334 e. The van der Waals surface area contributed by atoms with Gasteiger partial charge in [0.1, 0.15) is 5.54 Å². The summed E-state index contributed by atoms with van der Waals surface area (Å²) >= 11 is 5.41. The maximum atomic E-state index is 13.0. The lowest BCUT2D eigenvalue weighted by Crippen LogP contribution is -2.56. The third-order valence-electron chi connectivity index (χ3n) is 2.97. The van der Waals surface area contributed by atoms with Crippen LogP contribution in [0.2, 0.25) is 0 Å². The highest BCUT2D eigenvalue weighted by Crippen LogP contribution is 2.28. The molecule has 0 heterocycles. The number of hydrogen-bond acceptors (Lipinski definition) is 2. The Labute approximate surface area is 123 Å². The molecule has 1 aromatic carbocycles. The van der Waals surface area contributed by atoms with E-state index in [0.717, 1.165) is 6.92 Å². The fourth-order valence-electron chi connectivity index (χ4n) is 1.62. The van der Waals surface area contributed by atoms with Crippen LogP contribution in [0, 0.1) is 0 Å². The van der Waals surface area contributed by atoms with Crippen molar-refractivity contribution in [3.05, 3.63) is 35.9 Å². The van der Waals surface area contributed by atoms with E-state index in [9.17, 15) is 27.2 Å². The minimum atomic E-state index is -4.90. The van der Waals surface area contributed by atoms with Crippen LogP contribution in [0.5, 0.6) is 0 Å². The number of halogens is 5. The molecule has 1 atom stereocenters. The fraction of sp³-hybridized carbons (Fsp3) is 0.385. The summed E-state index contributed by atoms with van der Waals surface area (Å²) in [7, 11) is 0. The summed E-state index contributed by atoms with van der Waals surface area (Å²) in [5.41, 5.74) is -1.76. The molecule has 0 radical (unpaired) electrons. The molecule has 116 valence electrons. The molecule has 21 heavy (non-hydrogen) atoms. The number of ketones is 1. The van der Waals surface area contributed by atoms with Gasteiger partial charge in [0, 0.05) is 0 Å². The first-order valence-corrected chi connectivity index (χ1v) is 6.33. The lowest BCUT2D eigenvalue weighted by atomic mass is 9.88. The summed E-state index contributed by atoms with van der Waals surface area (Å²) in [5.74, 6) is -8.51. The van der Waals surface area contributed by atoms with Gasteiger partial charge in [-0.3, -0.25) is 9.59 Å². The van der Waals surface area contributed by atoms with Gasteiger partial charge in [0.15, 0.2) is 5.78 Å². The molecule has 0 fully saturated rings. The van der Waals surface area contributed by atoms with E-state index in [-0.39, 0.29) is 5.56 Å². The Kier molecular flexibility index (Phi) is 5.33. The molecule has 0 aliphatic heterocycles. The number of alkyl halides is 5. The van der Waals surface area contributed by atoms with Gasteiger partial charge in [0.25, 0.3) is 5.91 Å². The molecular formula is C13H12ClF4NO2. The van der Waals surface area contributed by atoms with Crippen LogP contribution in [0.15, 0.2) is 30.3 Å². The molecule has 0 spiro atoms. The predicted molar refractivity (Wildman–Crippen MR) is 68.6 cm³/mol. The molecule has 0 aliphatic rings. The van der Waals surface area contributed by atoms with E-state index in [4.69, 9.17) is 11.6 Å². The summed E-state index contributed by atoms with van der Waals surface area (Å²) in [6.45, 7) is 1.13. The first kappa shape index (κ1) is 17.4. The topological polar surface area (TPSA) is 46.2 Å². The van der Waals surface area contributed by atoms with Crippen molar-refractivity contribution in [2.24, 2.45) is 0 Å². The van der Waals surface area contributed by atoms with Gasteiger partial charge in [0.05, 0.1) is 5.88 Å². The Morgan fingerprint density at radius 2 is 1.76 bits per heavy atom. The minimum absolute atomic E-state index is 0.161. The van der Waals surface area contributed by atoms with Gasteiger partial charge in [-0.15, -0.1) is 11.6 Å². The number of Topliss-reactive ketones (excluding diaryl/α,β-unsaturated/α-hetero) is 1. The molecule has 0 bridgehead atoms. The number of hydrogen-bond donors (Lipinski definition) is 1. The second-order valence-electron chi connectivity index (χ2n) is 4.43. The SMILES string of the molecule is CC(NC(=O)C(F)(F)C(F)F)(C(=O)CCl)c1ccccc1. The number of carbonyl (C=O) groups is 2. The monoisotopic (exact) mass is 325 g/mol. The quantitative estimate of drug-likeness (QED) is 0.646. The smallest absolute Gasteiger partial charge is 0.334 e. The molecule has 3 nitrogen and oxygen atoms in total. The zero-order chi connectivity index (χ0) is 16.3. The summed E-state index contributed by atoms with van der Waals surface area (Å²) in [4.78, 5) is 23.3. The van der Waals surface area contributed by atoms with E-state index >= 15 is 0 Å². The third kappa shape index (κ3) is 3.53. The van der Waals surface area contributed by atoms with Crippen molar-refractivity contribution in [3.63, 3.8) is 0 Å². The number of benzene rings is 1. The average Bonchev–Trinajstić information content (AvgIpc) is 2.46. The number of rotatable bonds is 6. The molecule has 1 N–H and O–H groups in total. The van der Waals surface area contributed by atoms with Crippen LogP contribution in [0.1, 0.15) is 12.5 Å². The molecule has 1 rings (SSSR count). The van der Waals surface area contributed by atoms with Crippen molar-refractivity contribution >= 4 is 23.3 Å². The van der Waals surface area contributed by atoms with E-state index in [1.807, 2.05) is 0 Å². The second kappa shape index (κ2) is 6.43. The first-order chi connectivity index (χ1) is 9.66. The summed E-state index contributed by atoms with van der Waals surface area (Å²) < 4.78 is 50.5. The standard InChI is InChI=1S/C13H12ClF4NO2/c1-12(9(20)7-14,8-5-3-2-4-6-8)19-11(21)13(17,18)10(15)16/h2-6,10H,7H2,1H3,(H,19,21). The molecule has 0 saturated heterocycles. The van der Waals surface area contributed by atoms with Crippen molar-refractivity contribution < 1.29 is 27.2 Å². The van der Waals surface area contributed by atoms with Crippen molar-refractivity contribution in [1.29, 1.82) is 0 Å². The van der Waals surface area contributed by atoms with E-state index in [1.165, 1.54) is 24.3 Å². The van der Waals surface area contributed by atoms with Gasteiger partial charge in [-0.25, -0.2) is 8.78 Å². The number of nitrogens with one attached hydrogen (secondary N) is 1. The maximum absolute atomic E-state index is 13.0. The Bertz CT molecular complexity index is 524. The van der Waals surface area contributed by atoms with Gasteiger partial charge < -0.3 is 5.32 Å². The maximum Gasteiger partial charge on any atom is 0.383 e. The molecule has 0 aromatic heterocycles. The van der Waals surface area contributed by atoms with Crippen LogP contribution >= 0.6 is 11.6 Å².